The number of aliphatic carboxylic acids is 1. The summed E-state index contributed by atoms with van der Waals surface area (Å²) in [5.41, 5.74) is 1.51. The minimum Gasteiger partial charge on any atom is -0.480 e. The van der Waals surface area contributed by atoms with E-state index in [0.29, 0.717) is 24.7 Å². The first-order valence-corrected chi connectivity index (χ1v) is 8.02. The van der Waals surface area contributed by atoms with Crippen molar-refractivity contribution in [1.82, 2.24) is 9.80 Å². The van der Waals surface area contributed by atoms with Gasteiger partial charge in [0.15, 0.2) is 0 Å². The fraction of sp³-hybridized carbons (Fsp3) is 0.714. The summed E-state index contributed by atoms with van der Waals surface area (Å²) in [6, 6.07) is -0.827. The minimum absolute atomic E-state index is 0.141. The summed E-state index contributed by atoms with van der Waals surface area (Å²) in [6.45, 7) is 7.78. The summed E-state index contributed by atoms with van der Waals surface area (Å²) in [7, 11) is 0. The highest BCUT2D eigenvalue weighted by molar-refractivity contribution is 7.99. The molecule has 2 amide bonds. The Hall–Kier alpha value is -1.17. The van der Waals surface area contributed by atoms with Crippen LogP contribution < -0.4 is 0 Å². The maximum Gasteiger partial charge on any atom is 0.327 e. The summed E-state index contributed by atoms with van der Waals surface area (Å²) >= 11 is 1.50. The molecule has 1 atom stereocenters. The topological polar surface area (TPSA) is 60.9 Å². The van der Waals surface area contributed by atoms with E-state index in [9.17, 15) is 9.59 Å². The van der Waals surface area contributed by atoms with Crippen molar-refractivity contribution in [2.45, 2.75) is 33.2 Å². The average molecular weight is 298 g/mol. The number of carboxylic acid groups (broad SMARTS) is 1. The van der Waals surface area contributed by atoms with E-state index < -0.39 is 12.0 Å². The molecule has 0 aliphatic carbocycles. The van der Waals surface area contributed by atoms with Gasteiger partial charge in [0.1, 0.15) is 6.04 Å². The molecule has 2 aliphatic rings. The third-order valence-electron chi connectivity index (χ3n) is 3.86. The standard InChI is InChI=1S/C14H22N2O3S/c1-14(2,3)10-4-6-15(7-5-10)13(19)16-9-20-8-11(16)12(17)18/h4,11H,5-9H2,1-3H3,(H,17,18)/t11-/m0/s1. The van der Waals surface area contributed by atoms with Gasteiger partial charge in [-0.15, -0.1) is 11.8 Å². The monoisotopic (exact) mass is 298 g/mol. The van der Waals surface area contributed by atoms with E-state index in [1.807, 2.05) is 0 Å². The van der Waals surface area contributed by atoms with Crippen LogP contribution in [0.25, 0.3) is 0 Å². The lowest BCUT2D eigenvalue weighted by Crippen LogP contribution is -2.50. The fourth-order valence-corrected chi connectivity index (χ4v) is 3.68. The van der Waals surface area contributed by atoms with E-state index in [-0.39, 0.29) is 11.4 Å². The number of urea groups is 1. The van der Waals surface area contributed by atoms with Gasteiger partial charge in [-0.1, -0.05) is 32.4 Å². The van der Waals surface area contributed by atoms with E-state index >= 15 is 0 Å². The van der Waals surface area contributed by atoms with Crippen LogP contribution in [-0.4, -0.2) is 57.7 Å². The van der Waals surface area contributed by atoms with Crippen LogP contribution in [0.4, 0.5) is 4.79 Å². The highest BCUT2D eigenvalue weighted by Gasteiger charge is 2.37. The van der Waals surface area contributed by atoms with Crippen molar-refractivity contribution < 1.29 is 14.7 Å². The first kappa shape index (κ1) is 15.2. The Bertz CT molecular complexity index is 442. The smallest absolute Gasteiger partial charge is 0.327 e. The van der Waals surface area contributed by atoms with Gasteiger partial charge in [-0.25, -0.2) is 9.59 Å². The summed E-state index contributed by atoms with van der Waals surface area (Å²) in [6.07, 6.45) is 2.98. The van der Waals surface area contributed by atoms with E-state index in [2.05, 4.69) is 26.8 Å². The van der Waals surface area contributed by atoms with Crippen LogP contribution in [0, 0.1) is 5.41 Å². The molecule has 2 heterocycles. The molecule has 1 saturated heterocycles. The van der Waals surface area contributed by atoms with E-state index in [4.69, 9.17) is 5.11 Å². The van der Waals surface area contributed by atoms with E-state index in [0.717, 1.165) is 6.42 Å². The largest absolute Gasteiger partial charge is 0.480 e. The van der Waals surface area contributed by atoms with Crippen LogP contribution in [0.5, 0.6) is 0 Å². The van der Waals surface area contributed by atoms with Crippen LogP contribution in [-0.2, 0) is 4.79 Å². The third-order valence-corrected chi connectivity index (χ3v) is 4.87. The Balaban J connectivity index is 2.02. The molecule has 0 aromatic rings. The molecule has 6 heteroatoms. The van der Waals surface area contributed by atoms with Gasteiger partial charge in [0.2, 0.25) is 0 Å². The van der Waals surface area contributed by atoms with E-state index in [1.54, 1.807) is 4.90 Å². The molecule has 0 aromatic carbocycles. The Morgan fingerprint density at radius 1 is 1.40 bits per heavy atom. The number of thioether (sulfide) groups is 1. The molecular formula is C14H22N2O3S. The first-order chi connectivity index (χ1) is 9.30. The maximum absolute atomic E-state index is 12.4. The molecule has 1 N–H and O–H groups in total. The second kappa shape index (κ2) is 5.68. The Labute approximate surface area is 124 Å². The normalized spacial score (nSPS) is 23.8. The first-order valence-electron chi connectivity index (χ1n) is 6.86. The summed E-state index contributed by atoms with van der Waals surface area (Å²) in [5, 5.41) is 9.14. The SMILES string of the molecule is CC(C)(C)C1=CCN(C(=O)N2CSC[C@H]2C(=O)O)CC1. The van der Waals surface area contributed by atoms with Crippen molar-refractivity contribution in [2.75, 3.05) is 24.7 Å². The van der Waals surface area contributed by atoms with Crippen molar-refractivity contribution in [2.24, 2.45) is 5.41 Å². The van der Waals surface area contributed by atoms with Crippen LogP contribution in [0.2, 0.25) is 0 Å². The Kier molecular flexibility index (Phi) is 4.32. The Morgan fingerprint density at radius 2 is 2.10 bits per heavy atom. The van der Waals surface area contributed by atoms with Crippen molar-refractivity contribution >= 4 is 23.8 Å². The number of carbonyl (C=O) groups excluding carboxylic acids is 1. The zero-order chi connectivity index (χ0) is 14.9. The van der Waals surface area contributed by atoms with Gasteiger partial charge in [0.05, 0.1) is 5.88 Å². The molecule has 2 aliphatic heterocycles. The molecule has 0 unspecified atom stereocenters. The van der Waals surface area contributed by atoms with Gasteiger partial charge in [0, 0.05) is 18.8 Å². The van der Waals surface area contributed by atoms with Crippen LogP contribution >= 0.6 is 11.8 Å². The number of hydrogen-bond acceptors (Lipinski definition) is 3. The predicted molar refractivity (Wildman–Crippen MR) is 79.7 cm³/mol. The molecule has 0 spiro atoms. The fourth-order valence-electron chi connectivity index (χ4n) is 2.54. The molecule has 5 nitrogen and oxygen atoms in total. The number of carbonyl (C=O) groups is 2. The summed E-state index contributed by atoms with van der Waals surface area (Å²) in [5.74, 6) is 0.0476. The zero-order valence-corrected chi connectivity index (χ0v) is 13.1. The lowest BCUT2D eigenvalue weighted by Gasteiger charge is -2.35. The third kappa shape index (κ3) is 3.11. The minimum atomic E-state index is -0.911. The van der Waals surface area contributed by atoms with Crippen molar-refractivity contribution in [3.8, 4) is 0 Å². The van der Waals surface area contributed by atoms with Gasteiger partial charge < -0.3 is 14.9 Å². The Morgan fingerprint density at radius 3 is 2.60 bits per heavy atom. The van der Waals surface area contributed by atoms with Crippen molar-refractivity contribution in [1.29, 1.82) is 0 Å². The lowest BCUT2D eigenvalue weighted by molar-refractivity contribution is -0.140. The molecule has 0 bridgehead atoms. The summed E-state index contributed by atoms with van der Waals surface area (Å²) in [4.78, 5) is 26.8. The van der Waals surface area contributed by atoms with Crippen molar-refractivity contribution in [3.05, 3.63) is 11.6 Å². The highest BCUT2D eigenvalue weighted by atomic mass is 32.2. The zero-order valence-electron chi connectivity index (χ0n) is 12.3. The van der Waals surface area contributed by atoms with Crippen molar-refractivity contribution in [3.63, 3.8) is 0 Å². The van der Waals surface area contributed by atoms with Crippen LogP contribution in [0.15, 0.2) is 11.6 Å². The number of hydrogen-bond donors (Lipinski definition) is 1. The average Bonchev–Trinajstić information content (AvgIpc) is 2.86. The second-order valence-corrected chi connectivity index (χ2v) is 7.28. The van der Waals surface area contributed by atoms with Gasteiger partial charge in [-0.05, 0) is 11.8 Å². The van der Waals surface area contributed by atoms with E-state index in [1.165, 1.54) is 22.2 Å². The van der Waals surface area contributed by atoms with Gasteiger partial charge in [-0.2, -0.15) is 0 Å². The van der Waals surface area contributed by atoms with Gasteiger partial charge in [-0.3, -0.25) is 0 Å². The predicted octanol–water partition coefficient (Wildman–Crippen LogP) is 2.24. The summed E-state index contributed by atoms with van der Waals surface area (Å²) < 4.78 is 0. The number of rotatable bonds is 1. The lowest BCUT2D eigenvalue weighted by atomic mass is 9.83. The van der Waals surface area contributed by atoms with Gasteiger partial charge >= 0.3 is 12.0 Å². The quantitative estimate of drug-likeness (QED) is 0.754. The molecule has 0 aromatic heterocycles. The molecule has 112 valence electrons. The number of amides is 2. The molecule has 2 rings (SSSR count). The van der Waals surface area contributed by atoms with Crippen LogP contribution in [0.1, 0.15) is 27.2 Å². The molecule has 0 radical (unpaired) electrons. The molecule has 1 fully saturated rings. The highest BCUT2D eigenvalue weighted by Crippen LogP contribution is 2.31. The van der Waals surface area contributed by atoms with Crippen LogP contribution in [0.3, 0.4) is 0 Å². The molecule has 0 saturated carbocycles. The maximum atomic E-state index is 12.4. The molecular weight excluding hydrogens is 276 g/mol. The second-order valence-electron chi connectivity index (χ2n) is 6.28. The number of nitrogens with zero attached hydrogens (tertiary/aromatic N) is 2. The number of carboxylic acids is 1. The molecule has 20 heavy (non-hydrogen) atoms. The van der Waals surface area contributed by atoms with Gasteiger partial charge in [0.25, 0.3) is 0 Å².